The third kappa shape index (κ3) is 5.56. The van der Waals surface area contributed by atoms with Crippen molar-refractivity contribution in [2.24, 2.45) is 5.73 Å². The quantitative estimate of drug-likeness (QED) is 0.218. The molecule has 0 aliphatic heterocycles. The van der Waals surface area contributed by atoms with E-state index in [2.05, 4.69) is 20.5 Å². The summed E-state index contributed by atoms with van der Waals surface area (Å²) in [5, 5.41) is 9.96. The summed E-state index contributed by atoms with van der Waals surface area (Å²) in [6.07, 6.45) is -7.21. The number of pyridine rings is 1. The molecular weight excluding hydrogens is 612 g/mol. The average molecular weight is 634 g/mol. The number of rotatable bonds is 8. The Bertz CT molecular complexity index is 1720. The van der Waals surface area contributed by atoms with Crippen molar-refractivity contribution in [1.29, 1.82) is 0 Å². The second-order valence-electron chi connectivity index (χ2n) is 9.73. The van der Waals surface area contributed by atoms with E-state index in [0.717, 1.165) is 10.7 Å². The summed E-state index contributed by atoms with van der Waals surface area (Å²) in [5.41, 5.74) is 3.84. The molecule has 17 heteroatoms. The van der Waals surface area contributed by atoms with Crippen LogP contribution in [-0.4, -0.2) is 36.4 Å². The van der Waals surface area contributed by atoms with Crippen LogP contribution in [0.15, 0.2) is 12.3 Å². The molecule has 42 heavy (non-hydrogen) atoms. The van der Waals surface area contributed by atoms with Crippen LogP contribution in [0.1, 0.15) is 64.6 Å². The van der Waals surface area contributed by atoms with Crippen LogP contribution in [0.4, 0.5) is 32.0 Å². The highest BCUT2D eigenvalue weighted by molar-refractivity contribution is 7.21. The molecule has 0 saturated heterocycles. The van der Waals surface area contributed by atoms with Crippen molar-refractivity contribution >= 4 is 50.7 Å². The van der Waals surface area contributed by atoms with E-state index in [9.17, 15) is 35.9 Å². The highest BCUT2D eigenvalue weighted by Gasteiger charge is 2.42. The number of alkyl halides is 6. The molecule has 3 N–H and O–H groups in total. The number of aryl methyl sites for hydroxylation is 3. The molecule has 0 atom stereocenters. The Morgan fingerprint density at radius 3 is 2.38 bits per heavy atom. The first-order chi connectivity index (χ1) is 19.6. The molecule has 224 valence electrons. The first kappa shape index (κ1) is 29.8. The SMILES string of the molecule is CCn1cc(-c2cc(C(F)(F)F)nc3sc(C(N)=O)c(NC(=O)CCn4nc(C(F)(F)F)c(Cl)c4C4CC4)c23)c(C)n1. The Labute approximate surface area is 242 Å². The number of nitrogens with zero attached hydrogens (tertiary/aromatic N) is 5. The maximum Gasteiger partial charge on any atom is 0.436 e. The second-order valence-corrected chi connectivity index (χ2v) is 11.1. The maximum atomic E-state index is 13.8. The minimum absolute atomic E-state index is 0.0215. The van der Waals surface area contributed by atoms with E-state index in [0.29, 0.717) is 42.0 Å². The average Bonchev–Trinajstić information content (AvgIpc) is 3.41. The fourth-order valence-corrected chi connectivity index (χ4v) is 6.06. The lowest BCUT2D eigenvalue weighted by atomic mass is 10.0. The molecule has 1 aliphatic carbocycles. The topological polar surface area (TPSA) is 121 Å². The van der Waals surface area contributed by atoms with Crippen molar-refractivity contribution in [3.63, 3.8) is 0 Å². The van der Waals surface area contributed by atoms with Gasteiger partial charge in [0, 0.05) is 36.0 Å². The summed E-state index contributed by atoms with van der Waals surface area (Å²) in [6, 6.07) is 0.811. The molecular formula is C25H22ClF6N7O2S. The predicted octanol–water partition coefficient (Wildman–Crippen LogP) is 6.38. The van der Waals surface area contributed by atoms with Gasteiger partial charge in [0.1, 0.15) is 15.4 Å². The summed E-state index contributed by atoms with van der Waals surface area (Å²) >= 11 is 6.58. The third-order valence-electron chi connectivity index (χ3n) is 6.72. The number of amides is 2. The standard InChI is InChI=1S/C25H22ClF6N7O2S/c1-3-38-9-13(10(2)36-38)12-8-14(24(27,28)29)34-23-16(12)18(20(42-23)22(33)41)35-15(40)6-7-39-19(11-4-5-11)17(26)21(37-39)25(30,31)32/h8-9,11H,3-7H2,1-2H3,(H2,33,41)(H,35,40). The Morgan fingerprint density at radius 2 is 1.83 bits per heavy atom. The Kier molecular flexibility index (Phi) is 7.50. The lowest BCUT2D eigenvalue weighted by molar-refractivity contribution is -0.142. The minimum atomic E-state index is -4.82. The van der Waals surface area contributed by atoms with Crippen LogP contribution < -0.4 is 11.1 Å². The van der Waals surface area contributed by atoms with Crippen molar-refractivity contribution in [2.45, 2.75) is 64.5 Å². The third-order valence-corrected chi connectivity index (χ3v) is 8.19. The fourth-order valence-electron chi connectivity index (χ4n) is 4.65. The molecule has 0 spiro atoms. The predicted molar refractivity (Wildman–Crippen MR) is 142 cm³/mol. The van der Waals surface area contributed by atoms with Crippen molar-refractivity contribution in [2.75, 3.05) is 5.32 Å². The van der Waals surface area contributed by atoms with Crippen LogP contribution in [0.25, 0.3) is 21.3 Å². The monoisotopic (exact) mass is 633 g/mol. The van der Waals surface area contributed by atoms with E-state index in [4.69, 9.17) is 17.3 Å². The molecule has 4 aromatic heterocycles. The molecule has 0 aromatic carbocycles. The number of fused-ring (bicyclic) bond motifs is 1. The molecule has 0 unspecified atom stereocenters. The summed E-state index contributed by atoms with van der Waals surface area (Å²) in [7, 11) is 0. The van der Waals surface area contributed by atoms with Crippen molar-refractivity contribution < 1.29 is 35.9 Å². The fraction of sp³-hybridized carbons (Fsp3) is 0.400. The van der Waals surface area contributed by atoms with Gasteiger partial charge in [0.2, 0.25) is 5.91 Å². The number of hydrogen-bond acceptors (Lipinski definition) is 6. The smallest absolute Gasteiger partial charge is 0.365 e. The number of halogens is 7. The van der Waals surface area contributed by atoms with Gasteiger partial charge in [-0.15, -0.1) is 11.3 Å². The van der Waals surface area contributed by atoms with Gasteiger partial charge in [0.05, 0.1) is 28.6 Å². The van der Waals surface area contributed by atoms with E-state index in [1.54, 1.807) is 13.8 Å². The first-order valence-electron chi connectivity index (χ1n) is 12.6. The van der Waals surface area contributed by atoms with E-state index in [1.165, 1.54) is 10.9 Å². The van der Waals surface area contributed by atoms with Gasteiger partial charge in [-0.25, -0.2) is 4.98 Å². The lowest BCUT2D eigenvalue weighted by Crippen LogP contribution is -2.19. The number of carbonyl (C=O) groups is 2. The van der Waals surface area contributed by atoms with Crippen LogP contribution >= 0.6 is 22.9 Å². The highest BCUT2D eigenvalue weighted by atomic mass is 35.5. The Morgan fingerprint density at radius 1 is 1.14 bits per heavy atom. The van der Waals surface area contributed by atoms with Gasteiger partial charge >= 0.3 is 12.4 Å². The minimum Gasteiger partial charge on any atom is -0.365 e. The molecule has 5 rings (SSSR count). The molecule has 1 fully saturated rings. The Hall–Kier alpha value is -3.66. The van der Waals surface area contributed by atoms with Crippen LogP contribution in [0, 0.1) is 6.92 Å². The van der Waals surface area contributed by atoms with Gasteiger partial charge in [-0.05, 0) is 38.3 Å². The van der Waals surface area contributed by atoms with Gasteiger partial charge in [-0.2, -0.15) is 36.5 Å². The molecule has 4 aromatic rings. The second kappa shape index (κ2) is 10.6. The number of thiophene rings is 1. The van der Waals surface area contributed by atoms with Crippen LogP contribution in [-0.2, 0) is 30.2 Å². The number of hydrogen-bond donors (Lipinski definition) is 2. The number of nitrogens with one attached hydrogen (secondary N) is 1. The van der Waals surface area contributed by atoms with E-state index in [-0.39, 0.29) is 50.9 Å². The zero-order chi connectivity index (χ0) is 30.7. The molecule has 0 radical (unpaired) electrons. The first-order valence-corrected chi connectivity index (χ1v) is 13.8. The normalized spacial score (nSPS) is 14.1. The number of anilines is 1. The van der Waals surface area contributed by atoms with Gasteiger partial charge in [0.15, 0.2) is 5.69 Å². The summed E-state index contributed by atoms with van der Waals surface area (Å²) < 4.78 is 84.2. The molecule has 1 aliphatic rings. The molecule has 9 nitrogen and oxygen atoms in total. The molecule has 4 heterocycles. The highest BCUT2D eigenvalue weighted by Crippen LogP contribution is 2.47. The zero-order valence-electron chi connectivity index (χ0n) is 22.0. The lowest BCUT2D eigenvalue weighted by Gasteiger charge is -2.12. The van der Waals surface area contributed by atoms with Crippen LogP contribution in [0.3, 0.4) is 0 Å². The molecule has 2 amide bonds. The van der Waals surface area contributed by atoms with Gasteiger partial charge < -0.3 is 11.1 Å². The van der Waals surface area contributed by atoms with Gasteiger partial charge in [-0.3, -0.25) is 19.0 Å². The van der Waals surface area contributed by atoms with Crippen molar-refractivity contribution in [3.8, 4) is 11.1 Å². The number of primary amides is 1. The van der Waals surface area contributed by atoms with E-state index in [1.807, 2.05) is 0 Å². The van der Waals surface area contributed by atoms with Crippen LogP contribution in [0.2, 0.25) is 5.02 Å². The molecule has 0 bridgehead atoms. The van der Waals surface area contributed by atoms with Gasteiger partial charge in [-0.1, -0.05) is 11.6 Å². The number of nitrogens with two attached hydrogens (primary N) is 1. The zero-order valence-corrected chi connectivity index (χ0v) is 23.5. The number of aromatic nitrogens is 5. The number of carbonyl (C=O) groups excluding carboxylic acids is 2. The van der Waals surface area contributed by atoms with Crippen molar-refractivity contribution in [3.05, 3.63) is 44.9 Å². The largest absolute Gasteiger partial charge is 0.436 e. The molecule has 1 saturated carbocycles. The van der Waals surface area contributed by atoms with E-state index >= 15 is 0 Å². The van der Waals surface area contributed by atoms with E-state index < -0.39 is 40.6 Å². The summed E-state index contributed by atoms with van der Waals surface area (Å²) in [4.78, 5) is 28.7. The van der Waals surface area contributed by atoms with Gasteiger partial charge in [0.25, 0.3) is 5.91 Å². The summed E-state index contributed by atoms with van der Waals surface area (Å²) in [6.45, 7) is 3.55. The van der Waals surface area contributed by atoms with Crippen molar-refractivity contribution in [1.82, 2.24) is 24.5 Å². The maximum absolute atomic E-state index is 13.8. The Balaban J connectivity index is 1.55. The van der Waals surface area contributed by atoms with Crippen LogP contribution in [0.5, 0.6) is 0 Å². The summed E-state index contributed by atoms with van der Waals surface area (Å²) in [5.74, 6) is -1.97.